The largest absolute Gasteiger partial charge is 0.588 e. The summed E-state index contributed by atoms with van der Waals surface area (Å²) in [5.41, 5.74) is 5.27. The number of sulfonamides is 1. The molecule has 0 aliphatic heterocycles. The smallest absolute Gasteiger partial charge is 0.204 e. The highest BCUT2D eigenvalue weighted by atomic mass is 32.3. The van der Waals surface area contributed by atoms with Crippen molar-refractivity contribution >= 4 is 27.6 Å². The van der Waals surface area contributed by atoms with Gasteiger partial charge in [-0.25, -0.2) is 4.72 Å². The number of benzene rings is 2. The summed E-state index contributed by atoms with van der Waals surface area (Å²) >= 11 is 0. The van der Waals surface area contributed by atoms with Crippen LogP contribution in [-0.4, -0.2) is 23.4 Å². The summed E-state index contributed by atoms with van der Waals surface area (Å²) in [4.78, 5) is 14.2. The van der Waals surface area contributed by atoms with Crippen LogP contribution in [0.4, 0.5) is 11.4 Å². The van der Waals surface area contributed by atoms with Crippen LogP contribution in [0.1, 0.15) is 42.5 Å². The van der Waals surface area contributed by atoms with Crippen LogP contribution in [0.3, 0.4) is 0 Å². The van der Waals surface area contributed by atoms with Crippen molar-refractivity contribution in [2.24, 2.45) is 0 Å². The van der Waals surface area contributed by atoms with E-state index >= 15 is 0 Å². The number of carbonyl (C=O) groups excluding carboxylic acids is 1. The molecule has 0 radical (unpaired) electrons. The molecule has 1 atom stereocenters. The fraction of sp³-hybridized carbons (Fsp3) is 0.409. The monoisotopic (exact) mass is 400 g/mol. The molecule has 1 N–H and O–H groups in total. The SMILES string of the molecule is CCN(CC)c1cc2c(cc1[S+](=O)([O-])Nc1ccc(C)c(C)c1)CCC(=O)C2. The third-order valence-electron chi connectivity index (χ3n) is 5.49. The molecule has 1 aliphatic rings. The van der Waals surface area contributed by atoms with Gasteiger partial charge in [-0.15, -0.1) is 0 Å². The molecule has 150 valence electrons. The maximum atomic E-state index is 13.3. The van der Waals surface area contributed by atoms with Gasteiger partial charge < -0.3 is 9.45 Å². The molecule has 5 nitrogen and oxygen atoms in total. The fourth-order valence-corrected chi connectivity index (χ4v) is 4.98. The first kappa shape index (κ1) is 20.6. The molecule has 2 aromatic carbocycles. The second-order valence-electron chi connectivity index (χ2n) is 7.38. The number of hydrogen-bond acceptors (Lipinski definition) is 4. The number of anilines is 2. The highest BCUT2D eigenvalue weighted by molar-refractivity contribution is 7.99. The van der Waals surface area contributed by atoms with Crippen molar-refractivity contribution in [2.75, 3.05) is 22.7 Å². The molecule has 0 heterocycles. The molecule has 1 unspecified atom stereocenters. The summed E-state index contributed by atoms with van der Waals surface area (Å²) in [6, 6.07) is 9.21. The van der Waals surface area contributed by atoms with Crippen LogP contribution in [-0.2, 0) is 32.2 Å². The minimum atomic E-state index is -3.76. The summed E-state index contributed by atoms with van der Waals surface area (Å²) in [6.45, 7) is 9.34. The minimum absolute atomic E-state index is 0.210. The summed E-state index contributed by atoms with van der Waals surface area (Å²) in [6.07, 6.45) is 1.45. The minimum Gasteiger partial charge on any atom is -0.588 e. The second-order valence-corrected chi connectivity index (χ2v) is 9.03. The van der Waals surface area contributed by atoms with Crippen molar-refractivity contribution in [3.05, 3.63) is 52.6 Å². The van der Waals surface area contributed by atoms with Crippen molar-refractivity contribution < 1.29 is 13.6 Å². The molecule has 28 heavy (non-hydrogen) atoms. The molecule has 0 amide bonds. The topological polar surface area (TPSA) is 72.5 Å². The van der Waals surface area contributed by atoms with E-state index in [1.807, 2.05) is 50.8 Å². The van der Waals surface area contributed by atoms with Gasteiger partial charge in [-0.3, -0.25) is 4.79 Å². The van der Waals surface area contributed by atoms with E-state index in [0.717, 1.165) is 22.3 Å². The van der Waals surface area contributed by atoms with E-state index in [2.05, 4.69) is 4.72 Å². The molecule has 0 saturated carbocycles. The zero-order valence-electron chi connectivity index (χ0n) is 17.0. The molecule has 2 aromatic rings. The predicted molar refractivity (Wildman–Crippen MR) is 114 cm³/mol. The van der Waals surface area contributed by atoms with Crippen LogP contribution in [0.25, 0.3) is 0 Å². The summed E-state index contributed by atoms with van der Waals surface area (Å²) in [7, 11) is -3.76. The standard InChI is InChI=1S/C22H28N2O3S/c1-5-24(6-2)21-13-18-12-20(25)10-8-17(18)14-22(21)28(26,27)23-19-9-7-15(3)16(4)11-19/h7,9,11,13-14H,5-6,8,10,12H2,1-4H3,(H-,23,26,27). The van der Waals surface area contributed by atoms with E-state index in [-0.39, 0.29) is 10.7 Å². The van der Waals surface area contributed by atoms with Crippen LogP contribution < -0.4 is 9.62 Å². The lowest BCUT2D eigenvalue weighted by atomic mass is 9.90. The Labute approximate surface area is 168 Å². The molecule has 0 aromatic heterocycles. The molecule has 6 heteroatoms. The number of aryl methyl sites for hydroxylation is 3. The Kier molecular flexibility index (Phi) is 5.91. The van der Waals surface area contributed by atoms with Gasteiger partial charge in [-0.05, 0) is 74.6 Å². The zero-order valence-corrected chi connectivity index (χ0v) is 17.8. The molecular weight excluding hydrogens is 372 g/mol. The fourth-order valence-electron chi connectivity index (χ4n) is 3.67. The number of hydrogen-bond donors (Lipinski definition) is 1. The van der Waals surface area contributed by atoms with Gasteiger partial charge in [-0.1, -0.05) is 10.3 Å². The lowest BCUT2D eigenvalue weighted by molar-refractivity contribution is -0.118. The van der Waals surface area contributed by atoms with E-state index in [1.54, 1.807) is 12.1 Å². The molecule has 0 saturated heterocycles. The number of ketones is 1. The highest BCUT2D eigenvalue weighted by Gasteiger charge is 2.30. The maximum absolute atomic E-state index is 13.3. The van der Waals surface area contributed by atoms with Gasteiger partial charge in [0.05, 0.1) is 11.4 Å². The quantitative estimate of drug-likeness (QED) is 0.737. The Morgan fingerprint density at radius 3 is 2.39 bits per heavy atom. The van der Waals surface area contributed by atoms with Crippen molar-refractivity contribution in [3.63, 3.8) is 0 Å². The number of rotatable bonds is 6. The van der Waals surface area contributed by atoms with E-state index in [9.17, 15) is 13.6 Å². The molecule has 1 aliphatic carbocycles. The maximum Gasteiger partial charge on any atom is 0.204 e. The summed E-state index contributed by atoms with van der Waals surface area (Å²) < 4.78 is 29.3. The van der Waals surface area contributed by atoms with Crippen LogP contribution in [0, 0.1) is 13.8 Å². The van der Waals surface area contributed by atoms with Crippen LogP contribution in [0.5, 0.6) is 0 Å². The Hall–Kier alpha value is -2.18. The van der Waals surface area contributed by atoms with Crippen molar-refractivity contribution in [2.45, 2.75) is 51.9 Å². The normalized spacial score (nSPS) is 15.7. The predicted octanol–water partition coefficient (Wildman–Crippen LogP) is 4.22. The van der Waals surface area contributed by atoms with Gasteiger partial charge in [0.1, 0.15) is 5.78 Å². The second kappa shape index (κ2) is 8.05. The van der Waals surface area contributed by atoms with Crippen molar-refractivity contribution in [3.8, 4) is 0 Å². The number of nitrogens with one attached hydrogen (secondary N) is 1. The molecular formula is C22H28N2O3S. The highest BCUT2D eigenvalue weighted by Crippen LogP contribution is 2.35. The van der Waals surface area contributed by atoms with Gasteiger partial charge in [0, 0.05) is 32.0 Å². The van der Waals surface area contributed by atoms with E-state index in [4.69, 9.17) is 0 Å². The van der Waals surface area contributed by atoms with Gasteiger partial charge in [0.25, 0.3) is 0 Å². The number of Topliss-reactive ketones (excluding diaryl/α,β-unsaturated/α-hetero) is 1. The Morgan fingerprint density at radius 2 is 1.75 bits per heavy atom. The van der Waals surface area contributed by atoms with Gasteiger partial charge >= 0.3 is 0 Å². The Bertz CT molecular complexity index is 951. The molecule has 3 rings (SSSR count). The number of carbonyl (C=O) groups is 1. The average molecular weight is 401 g/mol. The lowest BCUT2D eigenvalue weighted by Gasteiger charge is -2.28. The van der Waals surface area contributed by atoms with Gasteiger partial charge in [0.2, 0.25) is 4.90 Å². The lowest BCUT2D eigenvalue weighted by Crippen LogP contribution is -2.29. The van der Waals surface area contributed by atoms with Crippen LogP contribution >= 0.6 is 0 Å². The summed E-state index contributed by atoms with van der Waals surface area (Å²) in [5, 5.41) is 0. The number of nitrogens with zero attached hydrogens (tertiary/aromatic N) is 1. The average Bonchev–Trinajstić information content (AvgIpc) is 2.64. The first-order valence-corrected chi connectivity index (χ1v) is 11.3. The number of fused-ring (bicyclic) bond motifs is 1. The van der Waals surface area contributed by atoms with Crippen molar-refractivity contribution in [1.29, 1.82) is 0 Å². The first-order chi connectivity index (χ1) is 13.2. The van der Waals surface area contributed by atoms with Crippen LogP contribution in [0.15, 0.2) is 35.2 Å². The Balaban J connectivity index is 2.08. The summed E-state index contributed by atoms with van der Waals surface area (Å²) in [5.74, 6) is 0.210. The van der Waals surface area contributed by atoms with Crippen LogP contribution in [0.2, 0.25) is 0 Å². The molecule has 0 fully saturated rings. The first-order valence-electron chi connectivity index (χ1n) is 9.77. The van der Waals surface area contributed by atoms with Crippen molar-refractivity contribution in [1.82, 2.24) is 0 Å². The third-order valence-corrected chi connectivity index (χ3v) is 6.91. The molecule has 0 spiro atoms. The van der Waals surface area contributed by atoms with E-state index in [1.165, 1.54) is 0 Å². The zero-order chi connectivity index (χ0) is 20.5. The van der Waals surface area contributed by atoms with Gasteiger partial charge in [0.15, 0.2) is 10.4 Å². The van der Waals surface area contributed by atoms with E-state index in [0.29, 0.717) is 43.7 Å². The molecule has 0 bridgehead atoms. The van der Waals surface area contributed by atoms with Gasteiger partial charge in [-0.2, -0.15) is 0 Å². The Morgan fingerprint density at radius 1 is 1.04 bits per heavy atom. The van der Waals surface area contributed by atoms with E-state index < -0.39 is 10.4 Å². The third kappa shape index (κ3) is 4.13.